The van der Waals surface area contributed by atoms with Crippen molar-refractivity contribution in [3.63, 3.8) is 0 Å². The van der Waals surface area contributed by atoms with Crippen LogP contribution in [-0.4, -0.2) is 41.8 Å². The molecule has 2 fully saturated rings. The predicted octanol–water partition coefficient (Wildman–Crippen LogP) is 1.58. The quantitative estimate of drug-likeness (QED) is 0.711. The minimum absolute atomic E-state index is 0. The molecule has 1 aliphatic carbocycles. The number of benzene rings is 1. The van der Waals surface area contributed by atoms with E-state index in [1.807, 2.05) is 9.47 Å². The van der Waals surface area contributed by atoms with E-state index < -0.39 is 17.2 Å². The van der Waals surface area contributed by atoms with Crippen LogP contribution in [0.25, 0.3) is 10.9 Å². The zero-order chi connectivity index (χ0) is 16.8. The van der Waals surface area contributed by atoms with Crippen LogP contribution in [0.15, 0.2) is 23.1 Å². The van der Waals surface area contributed by atoms with Crippen molar-refractivity contribution < 1.29 is 36.7 Å². The fourth-order valence-electron chi connectivity index (χ4n) is 3.31. The van der Waals surface area contributed by atoms with E-state index in [-0.39, 0.29) is 39.4 Å². The van der Waals surface area contributed by atoms with Crippen molar-refractivity contribution in [3.8, 4) is 0 Å². The second-order valence-electron chi connectivity index (χ2n) is 6.37. The van der Waals surface area contributed by atoms with Gasteiger partial charge in [-0.15, -0.1) is 0 Å². The number of carbonyl (C=O) groups is 1. The first-order valence-electron chi connectivity index (χ1n) is 8.13. The molecule has 4 rings (SSSR count). The standard InChI is InChI=1S/C17H18FN3O3.Ag/c18-13-7-11-14(8-15(13)20-5-3-19-4-6-20)21(10-1-2-10)9-12(16(11)22)17(23)24;/h7-10,19H,1-6H2,(H,23,24);. The first-order valence-corrected chi connectivity index (χ1v) is 8.13. The summed E-state index contributed by atoms with van der Waals surface area (Å²) in [6.07, 6.45) is 3.29. The number of aromatic carboxylic acids is 1. The van der Waals surface area contributed by atoms with Crippen LogP contribution in [0.3, 0.4) is 0 Å². The SMILES string of the molecule is O=C(O)c1cn(C2CC2)c2cc(N3CCNCC3)c(F)cc2c1=O.[Ag]. The number of aromatic nitrogens is 1. The summed E-state index contributed by atoms with van der Waals surface area (Å²) in [5.74, 6) is -1.76. The Morgan fingerprint density at radius 3 is 2.52 bits per heavy atom. The maximum atomic E-state index is 14.6. The number of piperazine rings is 1. The van der Waals surface area contributed by atoms with Crippen molar-refractivity contribution in [2.45, 2.75) is 18.9 Å². The van der Waals surface area contributed by atoms with Crippen LogP contribution in [0.1, 0.15) is 29.2 Å². The Bertz CT molecular complexity index is 889. The van der Waals surface area contributed by atoms with Crippen LogP contribution in [-0.2, 0) is 22.4 Å². The minimum Gasteiger partial charge on any atom is -0.477 e. The van der Waals surface area contributed by atoms with Gasteiger partial charge in [0, 0.05) is 66.2 Å². The van der Waals surface area contributed by atoms with E-state index >= 15 is 0 Å². The summed E-state index contributed by atoms with van der Waals surface area (Å²) in [4.78, 5) is 25.7. The van der Waals surface area contributed by atoms with Crippen LogP contribution in [0.4, 0.5) is 10.1 Å². The first kappa shape index (κ1) is 18.1. The van der Waals surface area contributed by atoms with E-state index in [0.717, 1.165) is 25.9 Å². The van der Waals surface area contributed by atoms with Gasteiger partial charge in [0.05, 0.1) is 11.2 Å². The number of rotatable bonds is 3. The molecule has 1 saturated carbocycles. The van der Waals surface area contributed by atoms with Crippen molar-refractivity contribution >= 4 is 22.6 Å². The second-order valence-corrected chi connectivity index (χ2v) is 6.37. The van der Waals surface area contributed by atoms with E-state index in [1.165, 1.54) is 12.3 Å². The molecule has 2 aliphatic rings. The zero-order valence-corrected chi connectivity index (χ0v) is 14.9. The van der Waals surface area contributed by atoms with Crippen molar-refractivity contribution in [2.75, 3.05) is 31.1 Å². The molecule has 25 heavy (non-hydrogen) atoms. The largest absolute Gasteiger partial charge is 0.477 e. The topological polar surface area (TPSA) is 74.6 Å². The molecule has 2 heterocycles. The normalized spacial score (nSPS) is 17.4. The number of halogens is 1. The second kappa shape index (κ2) is 6.92. The van der Waals surface area contributed by atoms with Gasteiger partial charge < -0.3 is 19.9 Å². The van der Waals surface area contributed by atoms with Gasteiger partial charge in [-0.1, -0.05) is 0 Å². The van der Waals surface area contributed by atoms with E-state index in [0.29, 0.717) is 24.3 Å². The minimum atomic E-state index is -1.28. The third kappa shape index (κ3) is 3.25. The van der Waals surface area contributed by atoms with Gasteiger partial charge in [0.15, 0.2) is 0 Å². The monoisotopic (exact) mass is 438 g/mol. The Kier molecular flexibility index (Phi) is 5.02. The summed E-state index contributed by atoms with van der Waals surface area (Å²) >= 11 is 0. The number of hydrogen-bond donors (Lipinski definition) is 2. The Morgan fingerprint density at radius 2 is 1.92 bits per heavy atom. The molecule has 2 aromatic rings. The van der Waals surface area contributed by atoms with Crippen molar-refractivity contribution in [1.29, 1.82) is 0 Å². The maximum absolute atomic E-state index is 14.6. The summed E-state index contributed by atoms with van der Waals surface area (Å²) < 4.78 is 16.4. The van der Waals surface area contributed by atoms with Crippen molar-refractivity contribution in [3.05, 3.63) is 39.9 Å². The van der Waals surface area contributed by atoms with Crippen LogP contribution in [0.5, 0.6) is 0 Å². The number of nitrogens with zero attached hydrogens (tertiary/aromatic N) is 2. The summed E-state index contributed by atoms with van der Waals surface area (Å²) in [6, 6.07) is 3.08. The van der Waals surface area contributed by atoms with E-state index in [4.69, 9.17) is 0 Å². The van der Waals surface area contributed by atoms with Crippen LogP contribution in [0, 0.1) is 5.82 Å². The van der Waals surface area contributed by atoms with Crippen molar-refractivity contribution in [2.24, 2.45) is 0 Å². The molecule has 1 aromatic heterocycles. The average molecular weight is 439 g/mol. The third-order valence-corrected chi connectivity index (χ3v) is 4.73. The smallest absolute Gasteiger partial charge is 0.341 e. The van der Waals surface area contributed by atoms with E-state index in [1.54, 1.807) is 6.07 Å². The molecule has 0 amide bonds. The summed E-state index contributed by atoms with van der Waals surface area (Å²) in [6.45, 7) is 2.96. The molecule has 8 heteroatoms. The molecule has 6 nitrogen and oxygen atoms in total. The Morgan fingerprint density at radius 1 is 1.24 bits per heavy atom. The molecule has 1 radical (unpaired) electrons. The number of fused-ring (bicyclic) bond motifs is 1. The average Bonchev–Trinajstić information content (AvgIpc) is 3.40. The van der Waals surface area contributed by atoms with E-state index in [9.17, 15) is 19.1 Å². The van der Waals surface area contributed by atoms with Gasteiger partial charge in [-0.2, -0.15) is 0 Å². The Hall–Kier alpha value is -1.67. The van der Waals surface area contributed by atoms with E-state index in [2.05, 4.69) is 5.32 Å². The first-order chi connectivity index (χ1) is 11.6. The van der Waals surface area contributed by atoms with Gasteiger partial charge in [-0.25, -0.2) is 9.18 Å². The number of carboxylic acid groups (broad SMARTS) is 1. The van der Waals surface area contributed by atoms with Crippen LogP contribution in [0.2, 0.25) is 0 Å². The molecular weight excluding hydrogens is 421 g/mol. The number of nitrogens with one attached hydrogen (secondary N) is 1. The fraction of sp³-hybridized carbons (Fsp3) is 0.412. The zero-order valence-electron chi connectivity index (χ0n) is 13.4. The molecular formula is C17H18AgFN3O3. The van der Waals surface area contributed by atoms with Gasteiger partial charge in [0.1, 0.15) is 11.4 Å². The number of carboxylic acids is 1. The molecule has 2 N–H and O–H groups in total. The van der Waals surface area contributed by atoms with Crippen LogP contribution < -0.4 is 15.6 Å². The fourth-order valence-corrected chi connectivity index (χ4v) is 3.31. The predicted molar refractivity (Wildman–Crippen MR) is 88.5 cm³/mol. The molecule has 0 bridgehead atoms. The van der Waals surface area contributed by atoms with Crippen molar-refractivity contribution in [1.82, 2.24) is 9.88 Å². The summed E-state index contributed by atoms with van der Waals surface area (Å²) in [7, 11) is 0. The number of pyridine rings is 1. The molecule has 0 atom stereocenters. The van der Waals surface area contributed by atoms with Gasteiger partial charge in [-0.3, -0.25) is 4.79 Å². The molecule has 0 spiro atoms. The summed E-state index contributed by atoms with van der Waals surface area (Å²) in [5.41, 5.74) is 0.159. The maximum Gasteiger partial charge on any atom is 0.341 e. The van der Waals surface area contributed by atoms with Crippen LogP contribution >= 0.6 is 0 Å². The third-order valence-electron chi connectivity index (χ3n) is 4.73. The van der Waals surface area contributed by atoms with Gasteiger partial charge >= 0.3 is 5.97 Å². The number of hydrogen-bond acceptors (Lipinski definition) is 4. The molecule has 1 saturated heterocycles. The Labute approximate surface area is 159 Å². The molecule has 137 valence electrons. The Balaban J connectivity index is 0.00000182. The molecule has 1 aromatic carbocycles. The van der Waals surface area contributed by atoms with Gasteiger partial charge in [0.25, 0.3) is 0 Å². The van der Waals surface area contributed by atoms with Gasteiger partial charge in [-0.05, 0) is 25.0 Å². The number of anilines is 1. The summed E-state index contributed by atoms with van der Waals surface area (Å²) in [5, 5.41) is 12.6. The van der Waals surface area contributed by atoms with Gasteiger partial charge in [0.2, 0.25) is 5.43 Å². The molecule has 0 unspecified atom stereocenters. The molecule has 1 aliphatic heterocycles.